The third-order valence-corrected chi connectivity index (χ3v) is 3.03. The highest BCUT2D eigenvalue weighted by Crippen LogP contribution is 2.25. The molecule has 0 saturated carbocycles. The number of aliphatic hydroxyl groups is 1. The number of aromatic nitrogens is 2. The summed E-state index contributed by atoms with van der Waals surface area (Å²) in [6.45, 7) is 6.42. The Morgan fingerprint density at radius 1 is 1.29 bits per heavy atom. The van der Waals surface area contributed by atoms with Crippen LogP contribution in [0.3, 0.4) is 0 Å². The molecule has 3 nitrogen and oxygen atoms in total. The predicted octanol–water partition coefficient (Wildman–Crippen LogP) is 2.92. The number of hydrogen-bond acceptors (Lipinski definition) is 2. The number of nitrogens with one attached hydrogen (secondary N) is 1. The minimum atomic E-state index is -0.652. The zero-order chi connectivity index (χ0) is 12.4. The minimum absolute atomic E-state index is 0.506. The smallest absolute Gasteiger partial charge is 0.122 e. The summed E-state index contributed by atoms with van der Waals surface area (Å²) < 4.78 is 0. The van der Waals surface area contributed by atoms with Gasteiger partial charge in [0.2, 0.25) is 0 Å². The summed E-state index contributed by atoms with van der Waals surface area (Å²) in [4.78, 5) is 6.93. The fourth-order valence-corrected chi connectivity index (χ4v) is 2.11. The van der Waals surface area contributed by atoms with E-state index in [2.05, 4.69) is 36.8 Å². The van der Waals surface area contributed by atoms with Crippen LogP contribution in [0.25, 0.3) is 0 Å². The van der Waals surface area contributed by atoms with Crippen LogP contribution in [0.15, 0.2) is 30.7 Å². The Balaban J connectivity index is 2.32. The summed E-state index contributed by atoms with van der Waals surface area (Å²) in [5.74, 6) is 0.506. The molecular formula is C14H18N2O. The first kappa shape index (κ1) is 11.9. The number of imidazole rings is 1. The molecule has 0 aliphatic rings. The van der Waals surface area contributed by atoms with Crippen molar-refractivity contribution in [3.8, 4) is 0 Å². The first-order chi connectivity index (χ1) is 8.09. The van der Waals surface area contributed by atoms with Gasteiger partial charge >= 0.3 is 0 Å². The lowest BCUT2D eigenvalue weighted by Gasteiger charge is -2.14. The van der Waals surface area contributed by atoms with Gasteiger partial charge < -0.3 is 10.1 Å². The SMILES string of the molecule is Cc1cc(C(O)c2c[nH]cn2)ccc1C(C)C. The molecule has 0 aliphatic carbocycles. The highest BCUT2D eigenvalue weighted by Gasteiger charge is 2.13. The average molecular weight is 230 g/mol. The maximum absolute atomic E-state index is 10.2. The molecule has 1 aromatic heterocycles. The lowest BCUT2D eigenvalue weighted by atomic mass is 9.94. The zero-order valence-electron chi connectivity index (χ0n) is 10.4. The van der Waals surface area contributed by atoms with E-state index in [-0.39, 0.29) is 0 Å². The highest BCUT2D eigenvalue weighted by atomic mass is 16.3. The number of aliphatic hydroxyl groups excluding tert-OH is 1. The average Bonchev–Trinajstić information content (AvgIpc) is 2.80. The number of benzene rings is 1. The van der Waals surface area contributed by atoms with E-state index in [4.69, 9.17) is 0 Å². The van der Waals surface area contributed by atoms with Crippen LogP contribution >= 0.6 is 0 Å². The van der Waals surface area contributed by atoms with Gasteiger partial charge in [-0.2, -0.15) is 0 Å². The Morgan fingerprint density at radius 3 is 2.59 bits per heavy atom. The van der Waals surface area contributed by atoms with Crippen LogP contribution in [0.4, 0.5) is 0 Å². The maximum Gasteiger partial charge on any atom is 0.122 e. The number of aromatic amines is 1. The number of H-pyrrole nitrogens is 1. The van der Waals surface area contributed by atoms with Crippen molar-refractivity contribution < 1.29 is 5.11 Å². The van der Waals surface area contributed by atoms with Gasteiger partial charge in [-0.15, -0.1) is 0 Å². The van der Waals surface area contributed by atoms with Crippen molar-refractivity contribution in [2.24, 2.45) is 0 Å². The molecule has 1 heterocycles. The van der Waals surface area contributed by atoms with Crippen LogP contribution in [0.1, 0.15) is 48.3 Å². The van der Waals surface area contributed by atoms with Crippen LogP contribution in [0, 0.1) is 6.92 Å². The summed E-state index contributed by atoms with van der Waals surface area (Å²) in [7, 11) is 0. The monoisotopic (exact) mass is 230 g/mol. The lowest BCUT2D eigenvalue weighted by molar-refractivity contribution is 0.216. The summed E-state index contributed by atoms with van der Waals surface area (Å²) >= 11 is 0. The first-order valence-corrected chi connectivity index (χ1v) is 5.86. The van der Waals surface area contributed by atoms with Crippen molar-refractivity contribution >= 4 is 0 Å². The molecule has 90 valence electrons. The molecule has 0 fully saturated rings. The van der Waals surface area contributed by atoms with E-state index < -0.39 is 6.10 Å². The predicted molar refractivity (Wildman–Crippen MR) is 67.9 cm³/mol. The minimum Gasteiger partial charge on any atom is -0.382 e. The van der Waals surface area contributed by atoms with Crippen molar-refractivity contribution in [2.75, 3.05) is 0 Å². The normalized spacial score (nSPS) is 13.0. The molecule has 1 aromatic carbocycles. The third kappa shape index (κ3) is 2.39. The molecule has 3 heteroatoms. The molecule has 0 bridgehead atoms. The van der Waals surface area contributed by atoms with Gasteiger partial charge in [0.15, 0.2) is 0 Å². The fourth-order valence-electron chi connectivity index (χ4n) is 2.11. The second-order valence-electron chi connectivity index (χ2n) is 4.67. The Labute approximate surface area is 102 Å². The van der Waals surface area contributed by atoms with E-state index in [1.54, 1.807) is 12.5 Å². The number of rotatable bonds is 3. The first-order valence-electron chi connectivity index (χ1n) is 5.86. The molecule has 0 radical (unpaired) electrons. The Morgan fingerprint density at radius 2 is 2.06 bits per heavy atom. The van der Waals surface area contributed by atoms with Crippen molar-refractivity contribution in [3.05, 3.63) is 53.1 Å². The summed E-state index contributed by atoms with van der Waals surface area (Å²) in [5, 5.41) is 10.2. The Kier molecular flexibility index (Phi) is 3.29. The van der Waals surface area contributed by atoms with Gasteiger partial charge in [0, 0.05) is 6.20 Å². The fraction of sp³-hybridized carbons (Fsp3) is 0.357. The maximum atomic E-state index is 10.2. The van der Waals surface area contributed by atoms with Gasteiger partial charge in [0.1, 0.15) is 6.10 Å². The largest absolute Gasteiger partial charge is 0.382 e. The second-order valence-corrected chi connectivity index (χ2v) is 4.67. The summed E-state index contributed by atoms with van der Waals surface area (Å²) in [6.07, 6.45) is 2.64. The Bertz CT molecular complexity index is 489. The number of nitrogens with zero attached hydrogens (tertiary/aromatic N) is 1. The van der Waals surface area contributed by atoms with Gasteiger partial charge in [-0.1, -0.05) is 32.0 Å². The topological polar surface area (TPSA) is 48.9 Å². The van der Waals surface area contributed by atoms with E-state index >= 15 is 0 Å². The highest BCUT2D eigenvalue weighted by molar-refractivity contribution is 5.36. The van der Waals surface area contributed by atoms with Crippen LogP contribution in [0.5, 0.6) is 0 Å². The summed E-state index contributed by atoms with van der Waals surface area (Å²) in [6, 6.07) is 6.10. The van der Waals surface area contributed by atoms with Crippen LogP contribution in [0.2, 0.25) is 0 Å². The molecule has 2 N–H and O–H groups in total. The van der Waals surface area contributed by atoms with Crippen molar-refractivity contribution in [1.29, 1.82) is 0 Å². The molecule has 2 aromatic rings. The second kappa shape index (κ2) is 4.72. The number of hydrogen-bond donors (Lipinski definition) is 2. The van der Waals surface area contributed by atoms with E-state index in [0.29, 0.717) is 11.6 Å². The standard InChI is InChI=1S/C14H18N2O/c1-9(2)12-5-4-11(6-10(12)3)14(17)13-7-15-8-16-13/h4-9,14,17H,1-3H3,(H,15,16). The van der Waals surface area contributed by atoms with Gasteiger partial charge in [-0.05, 0) is 29.5 Å². The molecule has 1 unspecified atom stereocenters. The van der Waals surface area contributed by atoms with E-state index in [0.717, 1.165) is 5.56 Å². The molecular weight excluding hydrogens is 212 g/mol. The molecule has 0 aliphatic heterocycles. The molecule has 0 spiro atoms. The van der Waals surface area contributed by atoms with Crippen molar-refractivity contribution in [2.45, 2.75) is 32.8 Å². The number of aryl methyl sites for hydroxylation is 1. The van der Waals surface area contributed by atoms with Crippen molar-refractivity contribution in [3.63, 3.8) is 0 Å². The summed E-state index contributed by atoms with van der Waals surface area (Å²) in [5.41, 5.74) is 4.08. The van der Waals surface area contributed by atoms with Crippen LogP contribution in [-0.4, -0.2) is 15.1 Å². The molecule has 17 heavy (non-hydrogen) atoms. The van der Waals surface area contributed by atoms with Gasteiger partial charge in [0.25, 0.3) is 0 Å². The van der Waals surface area contributed by atoms with Gasteiger partial charge in [-0.25, -0.2) is 4.98 Å². The lowest BCUT2D eigenvalue weighted by Crippen LogP contribution is -2.02. The van der Waals surface area contributed by atoms with Crippen LogP contribution in [-0.2, 0) is 0 Å². The third-order valence-electron chi connectivity index (χ3n) is 3.03. The van der Waals surface area contributed by atoms with E-state index in [1.807, 2.05) is 12.1 Å². The molecule has 2 rings (SSSR count). The van der Waals surface area contributed by atoms with Crippen molar-refractivity contribution in [1.82, 2.24) is 9.97 Å². The van der Waals surface area contributed by atoms with E-state index in [1.165, 1.54) is 11.1 Å². The quantitative estimate of drug-likeness (QED) is 0.851. The van der Waals surface area contributed by atoms with Crippen LogP contribution < -0.4 is 0 Å². The van der Waals surface area contributed by atoms with Gasteiger partial charge in [-0.3, -0.25) is 0 Å². The van der Waals surface area contributed by atoms with Gasteiger partial charge in [0.05, 0.1) is 12.0 Å². The zero-order valence-corrected chi connectivity index (χ0v) is 10.4. The van der Waals surface area contributed by atoms with E-state index in [9.17, 15) is 5.11 Å². The molecule has 0 saturated heterocycles. The Hall–Kier alpha value is -1.61. The molecule has 0 amide bonds. The molecule has 1 atom stereocenters.